The van der Waals surface area contributed by atoms with Crippen LogP contribution in [0.5, 0.6) is 0 Å². The van der Waals surface area contributed by atoms with E-state index in [0.29, 0.717) is 15.7 Å². The van der Waals surface area contributed by atoms with Gasteiger partial charge in [-0.1, -0.05) is 32.0 Å². The van der Waals surface area contributed by atoms with Crippen LogP contribution in [-0.4, -0.2) is 25.6 Å². The fourth-order valence-corrected chi connectivity index (χ4v) is 3.51. The summed E-state index contributed by atoms with van der Waals surface area (Å²) in [5, 5.41) is 22.6. The molecule has 9 heteroatoms. The first-order valence-electron chi connectivity index (χ1n) is 8.57. The van der Waals surface area contributed by atoms with Gasteiger partial charge in [-0.15, -0.1) is 10.2 Å². The van der Waals surface area contributed by atoms with Crippen molar-refractivity contribution >= 4 is 29.0 Å². The topological polar surface area (TPSA) is 103 Å². The zero-order valence-electron chi connectivity index (χ0n) is 15.6. The lowest BCUT2D eigenvalue weighted by molar-refractivity contribution is -0.387. The number of hydrogen-bond donors (Lipinski definition) is 1. The molecule has 3 aromatic rings. The van der Waals surface area contributed by atoms with Gasteiger partial charge in [0.1, 0.15) is 6.33 Å². The van der Waals surface area contributed by atoms with Crippen molar-refractivity contribution in [3.05, 3.63) is 70.0 Å². The third-order valence-corrected chi connectivity index (χ3v) is 5.24. The molecule has 144 valence electrons. The summed E-state index contributed by atoms with van der Waals surface area (Å²) < 4.78 is 1.66. The van der Waals surface area contributed by atoms with Gasteiger partial charge >= 0.3 is 0 Å². The summed E-state index contributed by atoms with van der Waals surface area (Å²) in [7, 11) is 1.75. The largest absolute Gasteiger partial charge is 0.322 e. The van der Waals surface area contributed by atoms with Gasteiger partial charge in [-0.25, -0.2) is 0 Å². The van der Waals surface area contributed by atoms with Crippen LogP contribution in [0.4, 0.5) is 11.4 Å². The molecule has 0 bridgehead atoms. The lowest BCUT2D eigenvalue weighted by atomic mass is 10.0. The average molecular weight is 397 g/mol. The Kier molecular flexibility index (Phi) is 5.74. The highest BCUT2D eigenvalue weighted by atomic mass is 32.2. The molecule has 0 saturated carbocycles. The maximum absolute atomic E-state index is 12.7. The van der Waals surface area contributed by atoms with Crippen LogP contribution in [0, 0.1) is 10.1 Å². The molecule has 0 atom stereocenters. The van der Waals surface area contributed by atoms with Gasteiger partial charge in [-0.05, 0) is 41.4 Å². The quantitative estimate of drug-likeness (QED) is 0.493. The van der Waals surface area contributed by atoms with Gasteiger partial charge in [0.15, 0.2) is 5.16 Å². The van der Waals surface area contributed by atoms with E-state index in [9.17, 15) is 14.9 Å². The number of aryl methyl sites for hydroxylation is 1. The number of carbonyl (C=O) groups excluding carboxylic acids is 1. The molecule has 0 unspecified atom stereocenters. The summed E-state index contributed by atoms with van der Waals surface area (Å²) in [4.78, 5) is 24.1. The fraction of sp³-hybridized carbons (Fsp3) is 0.211. The SMILES string of the molecule is CC(C)c1ccccc1NC(=O)c1ccc(Sc2nncn2C)c([N+](=O)[O-])c1. The number of nitrogens with one attached hydrogen (secondary N) is 1. The second kappa shape index (κ2) is 8.22. The van der Waals surface area contributed by atoms with Crippen molar-refractivity contribution in [1.82, 2.24) is 14.8 Å². The molecule has 1 amide bonds. The molecule has 0 radical (unpaired) electrons. The number of anilines is 1. The normalized spacial score (nSPS) is 10.9. The molecule has 2 aromatic carbocycles. The molecule has 8 nitrogen and oxygen atoms in total. The number of aromatic nitrogens is 3. The number of hydrogen-bond acceptors (Lipinski definition) is 6. The summed E-state index contributed by atoms with van der Waals surface area (Å²) in [6, 6.07) is 11.9. The van der Waals surface area contributed by atoms with Gasteiger partial charge < -0.3 is 9.88 Å². The molecule has 1 N–H and O–H groups in total. The number of amides is 1. The summed E-state index contributed by atoms with van der Waals surface area (Å²) in [5.74, 6) is -0.164. The van der Waals surface area contributed by atoms with Crippen molar-refractivity contribution in [1.29, 1.82) is 0 Å². The van der Waals surface area contributed by atoms with Gasteiger partial charge in [-0.2, -0.15) is 0 Å². The number of para-hydroxylation sites is 1. The number of rotatable bonds is 6. The number of nitro groups is 1. The van der Waals surface area contributed by atoms with Crippen LogP contribution in [0.25, 0.3) is 0 Å². The highest BCUT2D eigenvalue weighted by molar-refractivity contribution is 7.99. The zero-order valence-corrected chi connectivity index (χ0v) is 16.4. The second-order valence-electron chi connectivity index (χ2n) is 6.46. The molecule has 0 aliphatic carbocycles. The predicted octanol–water partition coefficient (Wildman–Crippen LogP) is 4.25. The first-order valence-corrected chi connectivity index (χ1v) is 9.39. The van der Waals surface area contributed by atoms with Gasteiger partial charge in [0.25, 0.3) is 11.6 Å². The Morgan fingerprint density at radius 3 is 2.64 bits per heavy atom. The van der Waals surface area contributed by atoms with E-state index in [1.165, 1.54) is 12.4 Å². The Morgan fingerprint density at radius 2 is 2.00 bits per heavy atom. The van der Waals surface area contributed by atoms with Crippen LogP contribution in [0.1, 0.15) is 35.7 Å². The second-order valence-corrected chi connectivity index (χ2v) is 7.47. The van der Waals surface area contributed by atoms with Gasteiger partial charge in [0, 0.05) is 24.4 Å². The molecule has 3 rings (SSSR count). The molecule has 0 fully saturated rings. The lowest BCUT2D eigenvalue weighted by Crippen LogP contribution is -2.14. The standard InChI is InChI=1S/C19H19N5O3S/c1-12(2)14-6-4-5-7-15(14)21-18(25)13-8-9-17(16(10-13)24(26)27)28-19-22-20-11-23(19)3/h4-12H,1-3H3,(H,21,25). The smallest absolute Gasteiger partial charge is 0.284 e. The molecule has 0 saturated heterocycles. The van der Waals surface area contributed by atoms with Crippen molar-refractivity contribution in [3.8, 4) is 0 Å². The first-order chi connectivity index (χ1) is 13.4. The maximum Gasteiger partial charge on any atom is 0.284 e. The summed E-state index contributed by atoms with van der Waals surface area (Å²) in [6.07, 6.45) is 1.52. The Hall–Kier alpha value is -3.20. The van der Waals surface area contributed by atoms with Crippen molar-refractivity contribution in [3.63, 3.8) is 0 Å². The van der Waals surface area contributed by atoms with E-state index in [1.54, 1.807) is 23.7 Å². The number of nitro benzene ring substituents is 1. The predicted molar refractivity (Wildman–Crippen MR) is 107 cm³/mol. The number of nitrogens with zero attached hydrogens (tertiary/aromatic N) is 4. The van der Waals surface area contributed by atoms with Gasteiger partial charge in [0.05, 0.1) is 9.82 Å². The van der Waals surface area contributed by atoms with Crippen LogP contribution in [0.3, 0.4) is 0 Å². The molecule has 28 heavy (non-hydrogen) atoms. The number of carbonyl (C=O) groups is 1. The van der Waals surface area contributed by atoms with Crippen molar-refractivity contribution in [2.24, 2.45) is 7.05 Å². The molecule has 1 heterocycles. The summed E-state index contributed by atoms with van der Waals surface area (Å²) in [5.41, 5.74) is 1.76. The third-order valence-electron chi connectivity index (χ3n) is 4.12. The monoisotopic (exact) mass is 397 g/mol. The third kappa shape index (κ3) is 4.20. The van der Waals surface area contributed by atoms with Crippen LogP contribution < -0.4 is 5.32 Å². The zero-order chi connectivity index (χ0) is 20.3. The molecule has 0 aliphatic rings. The minimum absolute atomic E-state index is 0.155. The molecule has 0 spiro atoms. The Labute approximate surface area is 166 Å². The van der Waals surface area contributed by atoms with Crippen LogP contribution in [-0.2, 0) is 7.05 Å². The summed E-state index contributed by atoms with van der Waals surface area (Å²) in [6.45, 7) is 4.07. The van der Waals surface area contributed by atoms with Crippen molar-refractivity contribution in [2.45, 2.75) is 29.8 Å². The van der Waals surface area contributed by atoms with Gasteiger partial charge in [-0.3, -0.25) is 14.9 Å². The Morgan fingerprint density at radius 1 is 1.25 bits per heavy atom. The molecule has 0 aliphatic heterocycles. The van der Waals surface area contributed by atoms with Crippen molar-refractivity contribution < 1.29 is 9.72 Å². The van der Waals surface area contributed by atoms with E-state index in [4.69, 9.17) is 0 Å². The minimum atomic E-state index is -0.502. The molecule has 1 aromatic heterocycles. The molecular weight excluding hydrogens is 378 g/mol. The molecular formula is C19H19N5O3S. The highest BCUT2D eigenvalue weighted by Crippen LogP contribution is 2.34. The van der Waals surface area contributed by atoms with Crippen molar-refractivity contribution in [2.75, 3.05) is 5.32 Å². The van der Waals surface area contributed by atoms with Crippen LogP contribution >= 0.6 is 11.8 Å². The van der Waals surface area contributed by atoms with E-state index >= 15 is 0 Å². The van der Waals surface area contributed by atoms with E-state index < -0.39 is 10.8 Å². The summed E-state index contributed by atoms with van der Waals surface area (Å²) >= 11 is 1.12. The number of benzene rings is 2. The maximum atomic E-state index is 12.7. The highest BCUT2D eigenvalue weighted by Gasteiger charge is 2.20. The van der Waals surface area contributed by atoms with E-state index in [2.05, 4.69) is 15.5 Å². The Bertz CT molecular complexity index is 1030. The Balaban J connectivity index is 1.89. The minimum Gasteiger partial charge on any atom is -0.322 e. The fourth-order valence-electron chi connectivity index (χ4n) is 2.66. The van der Waals surface area contributed by atoms with E-state index in [-0.39, 0.29) is 17.2 Å². The van der Waals surface area contributed by atoms with Crippen LogP contribution in [0.2, 0.25) is 0 Å². The average Bonchev–Trinajstić information content (AvgIpc) is 3.06. The lowest BCUT2D eigenvalue weighted by Gasteiger charge is -2.13. The van der Waals surface area contributed by atoms with Crippen LogP contribution in [0.15, 0.2) is 58.8 Å². The first kappa shape index (κ1) is 19.6. The van der Waals surface area contributed by atoms with E-state index in [1.807, 2.05) is 38.1 Å². The van der Waals surface area contributed by atoms with E-state index in [0.717, 1.165) is 17.3 Å². The van der Waals surface area contributed by atoms with Gasteiger partial charge in [0.2, 0.25) is 0 Å².